The summed E-state index contributed by atoms with van der Waals surface area (Å²) in [6.07, 6.45) is 4.89. The van der Waals surface area contributed by atoms with E-state index < -0.39 is 0 Å². The van der Waals surface area contributed by atoms with Crippen LogP contribution in [-0.2, 0) is 12.8 Å². The molecule has 0 saturated heterocycles. The highest BCUT2D eigenvalue weighted by Gasteiger charge is 2.19. The Bertz CT molecular complexity index is 2470. The Morgan fingerprint density at radius 1 is 0.400 bits per heavy atom. The van der Waals surface area contributed by atoms with Crippen molar-refractivity contribution in [2.75, 3.05) is 4.90 Å². The molecule has 0 saturated carbocycles. The number of fused-ring (bicyclic) bond motifs is 4. The van der Waals surface area contributed by atoms with Gasteiger partial charge in [0.25, 0.3) is 0 Å². The summed E-state index contributed by atoms with van der Waals surface area (Å²) in [7, 11) is 0. The minimum Gasteiger partial charge on any atom is -0.310 e. The molecule has 0 aliphatic heterocycles. The molecule has 0 fully saturated rings. The lowest BCUT2D eigenvalue weighted by molar-refractivity contribution is 0.685. The molecular formula is C49H39N. The molecule has 0 N–H and O–H groups in total. The summed E-state index contributed by atoms with van der Waals surface area (Å²) < 4.78 is 0. The lowest BCUT2D eigenvalue weighted by atomic mass is 9.89. The standard InChI is InChI=1S/C49H39N/c1-34-30-38-14-5-6-15-41(38)33-49(34)50(43-26-22-36(23-27-43)40-18-11-17-39(31-40)35-12-3-2-4-13-35)44-28-24-37(25-29-44)48-32-42-16-7-8-19-45(42)46-20-9-10-21-47(46)48/h2-4,7-13,16-33H,5-6,14-15H2,1H3. The van der Waals surface area contributed by atoms with Crippen molar-refractivity contribution in [1.29, 1.82) is 0 Å². The maximum atomic E-state index is 2.46. The quantitative estimate of drug-likeness (QED) is 0.163. The van der Waals surface area contributed by atoms with Crippen LogP contribution in [0.2, 0.25) is 0 Å². The molecule has 0 spiro atoms. The summed E-state index contributed by atoms with van der Waals surface area (Å²) >= 11 is 0. The van der Waals surface area contributed by atoms with Crippen LogP contribution >= 0.6 is 0 Å². The van der Waals surface area contributed by atoms with Crippen LogP contribution in [0.15, 0.2) is 170 Å². The first-order valence-corrected chi connectivity index (χ1v) is 17.9. The molecule has 0 aromatic heterocycles. The van der Waals surface area contributed by atoms with Crippen molar-refractivity contribution in [2.24, 2.45) is 0 Å². The van der Waals surface area contributed by atoms with E-state index in [1.807, 2.05) is 0 Å². The van der Waals surface area contributed by atoms with Gasteiger partial charge in [0.05, 0.1) is 0 Å². The number of aryl methyl sites for hydroxylation is 3. The van der Waals surface area contributed by atoms with Crippen molar-refractivity contribution in [3.05, 3.63) is 187 Å². The Balaban J connectivity index is 1.13. The van der Waals surface area contributed by atoms with Gasteiger partial charge in [0.15, 0.2) is 0 Å². The first kappa shape index (κ1) is 30.2. The maximum absolute atomic E-state index is 2.46. The van der Waals surface area contributed by atoms with E-state index >= 15 is 0 Å². The summed E-state index contributed by atoms with van der Waals surface area (Å²) in [5.41, 5.74) is 15.3. The molecule has 0 atom stereocenters. The van der Waals surface area contributed by atoms with E-state index in [0.717, 1.165) is 17.8 Å². The second-order valence-electron chi connectivity index (χ2n) is 13.7. The molecule has 9 rings (SSSR count). The third kappa shape index (κ3) is 5.55. The molecule has 1 aliphatic carbocycles. The first-order valence-electron chi connectivity index (χ1n) is 17.9. The number of benzene rings is 8. The number of anilines is 3. The van der Waals surface area contributed by atoms with Gasteiger partial charge in [0.1, 0.15) is 0 Å². The number of hydrogen-bond acceptors (Lipinski definition) is 1. The normalized spacial score (nSPS) is 12.6. The summed E-state index contributed by atoms with van der Waals surface area (Å²) in [5, 5.41) is 5.15. The topological polar surface area (TPSA) is 3.24 Å². The minimum absolute atomic E-state index is 1.15. The van der Waals surface area contributed by atoms with Crippen molar-refractivity contribution < 1.29 is 0 Å². The predicted molar refractivity (Wildman–Crippen MR) is 214 cm³/mol. The first-order chi connectivity index (χ1) is 24.7. The van der Waals surface area contributed by atoms with E-state index in [0.29, 0.717) is 0 Å². The van der Waals surface area contributed by atoms with Gasteiger partial charge >= 0.3 is 0 Å². The van der Waals surface area contributed by atoms with Crippen LogP contribution in [0, 0.1) is 6.92 Å². The zero-order valence-corrected chi connectivity index (χ0v) is 28.4. The lowest BCUT2D eigenvalue weighted by Gasteiger charge is -2.29. The van der Waals surface area contributed by atoms with Crippen molar-refractivity contribution in [2.45, 2.75) is 32.6 Å². The van der Waals surface area contributed by atoms with Gasteiger partial charge in [-0.05, 0) is 147 Å². The number of hydrogen-bond donors (Lipinski definition) is 0. The molecule has 1 aliphatic rings. The molecule has 240 valence electrons. The fourth-order valence-electron chi connectivity index (χ4n) is 7.96. The van der Waals surface area contributed by atoms with E-state index in [1.54, 1.807) is 0 Å². The Kier molecular flexibility index (Phi) is 7.75. The highest BCUT2D eigenvalue weighted by molar-refractivity contribution is 6.13. The number of rotatable bonds is 6. The van der Waals surface area contributed by atoms with E-state index in [2.05, 4.69) is 182 Å². The monoisotopic (exact) mass is 641 g/mol. The zero-order valence-electron chi connectivity index (χ0n) is 28.4. The summed E-state index contributed by atoms with van der Waals surface area (Å²) in [6.45, 7) is 2.27. The van der Waals surface area contributed by atoms with Crippen molar-refractivity contribution >= 4 is 38.6 Å². The molecule has 0 amide bonds. The summed E-state index contributed by atoms with van der Waals surface area (Å²) in [5.74, 6) is 0. The largest absolute Gasteiger partial charge is 0.310 e. The van der Waals surface area contributed by atoms with Crippen molar-refractivity contribution in [3.8, 4) is 33.4 Å². The highest BCUT2D eigenvalue weighted by atomic mass is 15.1. The van der Waals surface area contributed by atoms with Gasteiger partial charge in [-0.25, -0.2) is 0 Å². The van der Waals surface area contributed by atoms with Crippen LogP contribution in [0.4, 0.5) is 17.1 Å². The Hall–Kier alpha value is -5.92. The van der Waals surface area contributed by atoms with Crippen LogP contribution in [0.3, 0.4) is 0 Å². The smallest absolute Gasteiger partial charge is 0.0493 e. The average Bonchev–Trinajstić information content (AvgIpc) is 3.19. The van der Waals surface area contributed by atoms with Gasteiger partial charge in [-0.3, -0.25) is 0 Å². The zero-order chi connectivity index (χ0) is 33.4. The Labute approximate surface area is 295 Å². The predicted octanol–water partition coefficient (Wildman–Crippen LogP) is 13.7. The fourth-order valence-corrected chi connectivity index (χ4v) is 7.96. The van der Waals surface area contributed by atoms with Gasteiger partial charge in [-0.15, -0.1) is 0 Å². The minimum atomic E-state index is 1.15. The van der Waals surface area contributed by atoms with E-state index in [-0.39, 0.29) is 0 Å². The summed E-state index contributed by atoms with van der Waals surface area (Å²) in [4.78, 5) is 2.46. The molecule has 8 aromatic rings. The van der Waals surface area contributed by atoms with E-state index in [1.165, 1.54) is 96.6 Å². The molecule has 0 bridgehead atoms. The summed E-state index contributed by atoms with van der Waals surface area (Å²) in [6, 6.07) is 62.6. The van der Waals surface area contributed by atoms with Crippen molar-refractivity contribution in [1.82, 2.24) is 0 Å². The van der Waals surface area contributed by atoms with Gasteiger partial charge in [-0.1, -0.05) is 127 Å². The molecular weight excluding hydrogens is 603 g/mol. The number of nitrogens with zero attached hydrogens (tertiary/aromatic N) is 1. The van der Waals surface area contributed by atoms with Crippen molar-refractivity contribution in [3.63, 3.8) is 0 Å². The third-order valence-electron chi connectivity index (χ3n) is 10.5. The molecule has 1 nitrogen and oxygen atoms in total. The van der Waals surface area contributed by atoms with Crippen LogP contribution in [0.1, 0.15) is 29.5 Å². The van der Waals surface area contributed by atoms with E-state index in [4.69, 9.17) is 0 Å². The Morgan fingerprint density at radius 3 is 1.64 bits per heavy atom. The van der Waals surface area contributed by atoms with Gasteiger partial charge in [-0.2, -0.15) is 0 Å². The van der Waals surface area contributed by atoms with Crippen LogP contribution in [0.25, 0.3) is 54.9 Å². The molecule has 0 heterocycles. The second kappa shape index (κ2) is 12.8. The Morgan fingerprint density at radius 2 is 0.940 bits per heavy atom. The van der Waals surface area contributed by atoms with E-state index in [9.17, 15) is 0 Å². The van der Waals surface area contributed by atoms with Crippen LogP contribution in [-0.4, -0.2) is 0 Å². The van der Waals surface area contributed by atoms with Gasteiger partial charge in [0, 0.05) is 17.1 Å². The van der Waals surface area contributed by atoms with Gasteiger partial charge in [0.2, 0.25) is 0 Å². The second-order valence-corrected chi connectivity index (χ2v) is 13.7. The molecule has 0 unspecified atom stereocenters. The third-order valence-corrected chi connectivity index (χ3v) is 10.5. The SMILES string of the molecule is Cc1cc2c(cc1N(c1ccc(-c3cccc(-c4ccccc4)c3)cc1)c1ccc(-c3cc4ccccc4c4ccccc34)cc1)CCCC2. The molecule has 1 heteroatoms. The molecule has 50 heavy (non-hydrogen) atoms. The molecule has 8 aromatic carbocycles. The van der Waals surface area contributed by atoms with Crippen LogP contribution in [0.5, 0.6) is 0 Å². The van der Waals surface area contributed by atoms with Crippen LogP contribution < -0.4 is 4.90 Å². The lowest BCUT2D eigenvalue weighted by Crippen LogP contribution is -2.13. The highest BCUT2D eigenvalue weighted by Crippen LogP contribution is 2.42. The molecule has 0 radical (unpaired) electrons. The average molecular weight is 642 g/mol. The van der Waals surface area contributed by atoms with Gasteiger partial charge < -0.3 is 4.90 Å². The fraction of sp³-hybridized carbons (Fsp3) is 0.102. The maximum Gasteiger partial charge on any atom is 0.0493 e.